The van der Waals surface area contributed by atoms with Crippen molar-refractivity contribution in [3.05, 3.63) is 0 Å². The monoisotopic (exact) mass is 313 g/mol. The number of hydrogen-bond acceptors (Lipinski definition) is 4. The highest BCUT2D eigenvalue weighted by molar-refractivity contribution is 8.00. The van der Waals surface area contributed by atoms with Crippen LogP contribution in [0.4, 0.5) is 0 Å². The first-order valence-electron chi connectivity index (χ1n) is 8.76. The normalized spacial score (nSPS) is 22.8. The molecule has 0 aromatic rings. The van der Waals surface area contributed by atoms with Crippen molar-refractivity contribution in [1.29, 1.82) is 0 Å². The van der Waals surface area contributed by atoms with Crippen molar-refractivity contribution in [1.82, 2.24) is 5.32 Å². The first kappa shape index (κ1) is 17.1. The molecule has 0 saturated heterocycles. The van der Waals surface area contributed by atoms with Crippen LogP contribution in [0.3, 0.4) is 0 Å². The van der Waals surface area contributed by atoms with Gasteiger partial charge in [-0.2, -0.15) is 11.8 Å². The Balaban J connectivity index is 1.99. The number of nitrogens with one attached hydrogen (secondary N) is 1. The standard InChI is InChI=1S/C17H31NO2S/c1-3-12-18-17(14-10-11-14,16(19)20-4-2)13-21-15-8-6-5-7-9-15/h14-15,18H,3-13H2,1-2H3. The van der Waals surface area contributed by atoms with Gasteiger partial charge in [-0.3, -0.25) is 4.79 Å². The molecule has 1 unspecified atom stereocenters. The second-order valence-electron chi connectivity index (χ2n) is 6.46. The first-order valence-corrected chi connectivity index (χ1v) is 9.81. The van der Waals surface area contributed by atoms with Gasteiger partial charge in [-0.25, -0.2) is 0 Å². The van der Waals surface area contributed by atoms with Crippen LogP contribution in [0.2, 0.25) is 0 Å². The van der Waals surface area contributed by atoms with E-state index < -0.39 is 5.54 Å². The molecule has 0 aliphatic heterocycles. The van der Waals surface area contributed by atoms with E-state index in [1.54, 1.807) is 0 Å². The van der Waals surface area contributed by atoms with Crippen molar-refractivity contribution in [2.75, 3.05) is 18.9 Å². The van der Waals surface area contributed by atoms with Crippen molar-refractivity contribution in [3.63, 3.8) is 0 Å². The van der Waals surface area contributed by atoms with Gasteiger partial charge in [0.1, 0.15) is 5.54 Å². The van der Waals surface area contributed by atoms with Gasteiger partial charge in [-0.05, 0) is 51.5 Å². The lowest BCUT2D eigenvalue weighted by molar-refractivity contribution is -0.151. The molecular formula is C17H31NO2S. The van der Waals surface area contributed by atoms with E-state index in [9.17, 15) is 4.79 Å². The average Bonchev–Trinajstić information content (AvgIpc) is 3.34. The third-order valence-electron chi connectivity index (χ3n) is 4.70. The SMILES string of the molecule is CCCNC(CSC1CCCCC1)(C(=O)OCC)C1CC1. The topological polar surface area (TPSA) is 38.3 Å². The highest BCUT2D eigenvalue weighted by atomic mass is 32.2. The van der Waals surface area contributed by atoms with Gasteiger partial charge in [0.15, 0.2) is 0 Å². The van der Waals surface area contributed by atoms with E-state index >= 15 is 0 Å². The van der Waals surface area contributed by atoms with Crippen LogP contribution in [0.25, 0.3) is 0 Å². The molecule has 0 amide bonds. The van der Waals surface area contributed by atoms with E-state index in [-0.39, 0.29) is 5.97 Å². The van der Waals surface area contributed by atoms with Crippen LogP contribution in [0, 0.1) is 5.92 Å². The Bertz CT molecular complexity index is 327. The fraction of sp³-hybridized carbons (Fsp3) is 0.941. The molecule has 0 aromatic carbocycles. The smallest absolute Gasteiger partial charge is 0.327 e. The lowest BCUT2D eigenvalue weighted by atomic mass is 9.95. The molecule has 2 rings (SSSR count). The molecule has 4 heteroatoms. The molecule has 2 fully saturated rings. The van der Waals surface area contributed by atoms with Crippen molar-refractivity contribution >= 4 is 17.7 Å². The Kier molecular flexibility index (Phi) is 6.87. The maximum atomic E-state index is 12.6. The van der Waals surface area contributed by atoms with Crippen molar-refractivity contribution in [3.8, 4) is 0 Å². The van der Waals surface area contributed by atoms with Gasteiger partial charge >= 0.3 is 5.97 Å². The maximum Gasteiger partial charge on any atom is 0.327 e. The Morgan fingerprint density at radius 2 is 1.90 bits per heavy atom. The van der Waals surface area contributed by atoms with Crippen molar-refractivity contribution in [2.24, 2.45) is 5.92 Å². The predicted molar refractivity (Wildman–Crippen MR) is 89.7 cm³/mol. The minimum absolute atomic E-state index is 0.00994. The Labute approximate surface area is 134 Å². The molecule has 2 saturated carbocycles. The van der Waals surface area contributed by atoms with Crippen LogP contribution in [-0.4, -0.2) is 35.7 Å². The Morgan fingerprint density at radius 1 is 1.19 bits per heavy atom. The summed E-state index contributed by atoms with van der Waals surface area (Å²) in [6, 6.07) is 0. The van der Waals surface area contributed by atoms with Gasteiger partial charge < -0.3 is 10.1 Å². The Hall–Kier alpha value is -0.220. The number of carbonyl (C=O) groups excluding carboxylic acids is 1. The van der Waals surface area contributed by atoms with Crippen LogP contribution in [-0.2, 0) is 9.53 Å². The summed E-state index contributed by atoms with van der Waals surface area (Å²) in [4.78, 5) is 12.6. The minimum atomic E-state index is -0.422. The second-order valence-corrected chi connectivity index (χ2v) is 7.75. The summed E-state index contributed by atoms with van der Waals surface area (Å²) in [6.45, 7) is 5.45. The van der Waals surface area contributed by atoms with Gasteiger partial charge in [0, 0.05) is 11.0 Å². The molecule has 122 valence electrons. The minimum Gasteiger partial charge on any atom is -0.465 e. The second kappa shape index (κ2) is 8.42. The maximum absolute atomic E-state index is 12.6. The number of esters is 1. The van der Waals surface area contributed by atoms with Gasteiger partial charge in [0.25, 0.3) is 0 Å². The molecule has 3 nitrogen and oxygen atoms in total. The fourth-order valence-corrected chi connectivity index (χ4v) is 4.90. The highest BCUT2D eigenvalue weighted by Crippen LogP contribution is 2.43. The number of ether oxygens (including phenoxy) is 1. The van der Waals surface area contributed by atoms with Gasteiger partial charge in [0.2, 0.25) is 0 Å². The van der Waals surface area contributed by atoms with Crippen LogP contribution in [0.15, 0.2) is 0 Å². The van der Waals surface area contributed by atoms with E-state index in [2.05, 4.69) is 12.2 Å². The largest absolute Gasteiger partial charge is 0.465 e. The summed E-state index contributed by atoms with van der Waals surface area (Å²) in [5, 5.41) is 4.32. The molecule has 0 radical (unpaired) electrons. The summed E-state index contributed by atoms with van der Waals surface area (Å²) in [6.07, 6.45) is 10.1. The van der Waals surface area contributed by atoms with E-state index in [4.69, 9.17) is 4.74 Å². The van der Waals surface area contributed by atoms with Gasteiger partial charge in [-0.1, -0.05) is 26.2 Å². The quantitative estimate of drug-likeness (QED) is 0.658. The zero-order chi connectivity index (χ0) is 15.1. The molecule has 1 atom stereocenters. The number of thioether (sulfide) groups is 1. The van der Waals surface area contributed by atoms with Crippen LogP contribution >= 0.6 is 11.8 Å². The van der Waals surface area contributed by atoms with Crippen LogP contribution < -0.4 is 5.32 Å². The summed E-state index contributed by atoms with van der Waals surface area (Å²) < 4.78 is 5.43. The molecule has 2 aliphatic carbocycles. The zero-order valence-electron chi connectivity index (χ0n) is 13.7. The number of hydrogen-bond donors (Lipinski definition) is 1. The van der Waals surface area contributed by atoms with E-state index in [1.807, 2.05) is 18.7 Å². The van der Waals surface area contributed by atoms with Crippen molar-refractivity contribution in [2.45, 2.75) is 76.0 Å². The number of rotatable bonds is 9. The lowest BCUT2D eigenvalue weighted by Gasteiger charge is -2.34. The van der Waals surface area contributed by atoms with E-state index in [1.165, 1.54) is 44.9 Å². The van der Waals surface area contributed by atoms with E-state index in [0.717, 1.165) is 24.0 Å². The third-order valence-corrected chi connectivity index (χ3v) is 6.27. The molecule has 1 N–H and O–H groups in total. The van der Waals surface area contributed by atoms with Crippen LogP contribution in [0.5, 0.6) is 0 Å². The average molecular weight is 314 g/mol. The third kappa shape index (κ3) is 4.62. The van der Waals surface area contributed by atoms with Gasteiger partial charge in [-0.15, -0.1) is 0 Å². The molecule has 0 bridgehead atoms. The summed E-state index contributed by atoms with van der Waals surface area (Å²) in [5.41, 5.74) is -0.422. The highest BCUT2D eigenvalue weighted by Gasteiger charge is 2.51. The predicted octanol–water partition coefficient (Wildman–Crippen LogP) is 3.76. The lowest BCUT2D eigenvalue weighted by Crippen LogP contribution is -2.57. The molecule has 0 spiro atoms. The Morgan fingerprint density at radius 3 is 2.48 bits per heavy atom. The summed E-state index contributed by atoms with van der Waals surface area (Å²) in [5.74, 6) is 1.37. The fourth-order valence-electron chi connectivity index (χ4n) is 3.28. The molecule has 0 heterocycles. The summed E-state index contributed by atoms with van der Waals surface area (Å²) in [7, 11) is 0. The molecule has 2 aliphatic rings. The molecular weight excluding hydrogens is 282 g/mol. The first-order chi connectivity index (χ1) is 10.2. The molecule has 21 heavy (non-hydrogen) atoms. The van der Waals surface area contributed by atoms with Gasteiger partial charge in [0.05, 0.1) is 6.61 Å². The zero-order valence-corrected chi connectivity index (χ0v) is 14.5. The van der Waals surface area contributed by atoms with Crippen LogP contribution in [0.1, 0.15) is 65.2 Å². The molecule has 0 aromatic heterocycles. The van der Waals surface area contributed by atoms with E-state index in [0.29, 0.717) is 12.5 Å². The summed E-state index contributed by atoms with van der Waals surface area (Å²) >= 11 is 2.01. The van der Waals surface area contributed by atoms with Crippen molar-refractivity contribution < 1.29 is 9.53 Å². The number of carbonyl (C=O) groups is 1.